The van der Waals surface area contributed by atoms with Gasteiger partial charge in [0.2, 0.25) is 0 Å². The minimum atomic E-state index is -0.239. The van der Waals surface area contributed by atoms with Crippen LogP contribution in [-0.4, -0.2) is 0 Å². The normalized spacial score (nSPS) is 27.8. The summed E-state index contributed by atoms with van der Waals surface area (Å²) in [5.74, 6) is -0.153. The van der Waals surface area contributed by atoms with Gasteiger partial charge >= 0.3 is 0 Å². The molecule has 0 spiro atoms. The van der Waals surface area contributed by atoms with Crippen molar-refractivity contribution in [2.75, 3.05) is 0 Å². The van der Waals surface area contributed by atoms with Crippen molar-refractivity contribution >= 4 is 0 Å². The molecule has 2 heteroatoms. The molecule has 18 heavy (non-hydrogen) atoms. The van der Waals surface area contributed by atoms with Gasteiger partial charge in [-0.15, -0.1) is 0 Å². The lowest BCUT2D eigenvalue weighted by molar-refractivity contribution is 0.386. The predicted octanol–water partition coefficient (Wildman–Crippen LogP) is 3.29. The molecular weight excluding hydrogens is 225 g/mol. The highest BCUT2D eigenvalue weighted by Crippen LogP contribution is 2.48. The monoisotopic (exact) mass is 239 g/mol. The van der Waals surface area contributed by atoms with E-state index in [9.17, 15) is 4.39 Å². The summed E-state index contributed by atoms with van der Waals surface area (Å²) in [5.41, 5.74) is 4.76. The van der Waals surface area contributed by atoms with Crippen LogP contribution in [0.5, 0.6) is 0 Å². The van der Waals surface area contributed by atoms with Gasteiger partial charge in [-0.25, -0.2) is 4.39 Å². The molecule has 2 heterocycles. The lowest BCUT2D eigenvalue weighted by atomic mass is 9.82. The largest absolute Gasteiger partial charge is 0.297 e. The molecule has 0 amide bonds. The Morgan fingerprint density at radius 2 is 2.00 bits per heavy atom. The molecule has 0 aromatic heterocycles. The second kappa shape index (κ2) is 3.21. The third kappa shape index (κ3) is 1.14. The third-order valence-corrected chi connectivity index (χ3v) is 4.37. The van der Waals surface area contributed by atoms with Crippen LogP contribution in [0.25, 0.3) is 0 Å². The zero-order valence-electron chi connectivity index (χ0n) is 10.2. The van der Waals surface area contributed by atoms with E-state index >= 15 is 0 Å². The van der Waals surface area contributed by atoms with Crippen LogP contribution in [0.15, 0.2) is 42.5 Å². The van der Waals surface area contributed by atoms with Crippen LogP contribution in [-0.2, 0) is 12.0 Å². The zero-order chi connectivity index (χ0) is 12.3. The number of halogens is 1. The summed E-state index contributed by atoms with van der Waals surface area (Å²) >= 11 is 0. The van der Waals surface area contributed by atoms with E-state index in [2.05, 4.69) is 36.5 Å². The highest BCUT2D eigenvalue weighted by atomic mass is 19.1. The van der Waals surface area contributed by atoms with E-state index in [0.717, 1.165) is 12.0 Å². The van der Waals surface area contributed by atoms with Crippen molar-refractivity contribution in [1.29, 1.82) is 0 Å². The van der Waals surface area contributed by atoms with Crippen molar-refractivity contribution in [3.63, 3.8) is 0 Å². The molecule has 2 unspecified atom stereocenters. The predicted molar refractivity (Wildman–Crippen MR) is 68.9 cm³/mol. The Balaban J connectivity index is 2.04. The van der Waals surface area contributed by atoms with E-state index in [0.29, 0.717) is 6.04 Å². The van der Waals surface area contributed by atoms with Gasteiger partial charge in [0.05, 0.1) is 5.54 Å². The van der Waals surface area contributed by atoms with Gasteiger partial charge in [0.25, 0.3) is 0 Å². The first-order chi connectivity index (χ1) is 8.68. The standard InChI is InChI=1S/C16H14FN/c1-16-13-5-3-2-4-12(13)15(18-16)8-10-6-7-11(17)9-14(10)16/h2-7,9,15,18H,8H2,1H3. The number of fused-ring (bicyclic) bond motifs is 7. The van der Waals surface area contributed by atoms with Gasteiger partial charge in [-0.1, -0.05) is 30.3 Å². The minimum Gasteiger partial charge on any atom is -0.297 e. The van der Waals surface area contributed by atoms with Crippen molar-refractivity contribution < 1.29 is 4.39 Å². The fraction of sp³-hybridized carbons (Fsp3) is 0.250. The van der Waals surface area contributed by atoms with E-state index in [1.807, 2.05) is 6.07 Å². The molecule has 2 aromatic carbocycles. The van der Waals surface area contributed by atoms with Crippen molar-refractivity contribution in [1.82, 2.24) is 5.32 Å². The van der Waals surface area contributed by atoms with E-state index in [1.54, 1.807) is 12.1 Å². The maximum atomic E-state index is 13.5. The summed E-state index contributed by atoms with van der Waals surface area (Å²) in [4.78, 5) is 0. The molecule has 2 aliphatic rings. The number of hydrogen-bond acceptors (Lipinski definition) is 1. The van der Waals surface area contributed by atoms with Gasteiger partial charge < -0.3 is 0 Å². The smallest absolute Gasteiger partial charge is 0.123 e. The number of nitrogens with one attached hydrogen (secondary N) is 1. The van der Waals surface area contributed by atoms with Crippen LogP contribution in [0.4, 0.5) is 4.39 Å². The second-order valence-electron chi connectivity index (χ2n) is 5.41. The lowest BCUT2D eigenvalue weighted by Gasteiger charge is -2.34. The van der Waals surface area contributed by atoms with Crippen molar-refractivity contribution in [3.8, 4) is 0 Å². The molecule has 0 saturated heterocycles. The maximum Gasteiger partial charge on any atom is 0.123 e. The molecule has 0 aliphatic carbocycles. The molecule has 0 radical (unpaired) electrons. The van der Waals surface area contributed by atoms with Crippen molar-refractivity contribution in [2.45, 2.75) is 24.9 Å². The van der Waals surface area contributed by atoms with Gasteiger partial charge in [-0.3, -0.25) is 5.32 Å². The van der Waals surface area contributed by atoms with Crippen LogP contribution in [0, 0.1) is 5.82 Å². The summed E-state index contributed by atoms with van der Waals surface area (Å²) in [6.45, 7) is 2.16. The topological polar surface area (TPSA) is 12.0 Å². The average Bonchev–Trinajstić information content (AvgIpc) is 2.62. The fourth-order valence-electron chi connectivity index (χ4n) is 3.56. The number of benzene rings is 2. The van der Waals surface area contributed by atoms with E-state index < -0.39 is 0 Å². The molecule has 2 bridgehead atoms. The Kier molecular flexibility index (Phi) is 1.83. The van der Waals surface area contributed by atoms with Crippen molar-refractivity contribution in [3.05, 3.63) is 70.5 Å². The molecule has 2 aromatic rings. The van der Waals surface area contributed by atoms with Crippen LogP contribution in [0.2, 0.25) is 0 Å². The summed E-state index contributed by atoms with van der Waals surface area (Å²) in [6, 6.07) is 14.0. The van der Waals surface area contributed by atoms with Crippen LogP contribution < -0.4 is 5.32 Å². The van der Waals surface area contributed by atoms with E-state index in [4.69, 9.17) is 0 Å². The SMILES string of the molecule is CC12NC(Cc3ccc(F)cc31)c1ccccc12. The van der Waals surface area contributed by atoms with Gasteiger partial charge in [-0.2, -0.15) is 0 Å². The summed E-state index contributed by atoms with van der Waals surface area (Å²) < 4.78 is 13.5. The molecule has 0 fully saturated rings. The highest BCUT2D eigenvalue weighted by Gasteiger charge is 2.45. The molecule has 90 valence electrons. The Bertz CT molecular complexity index is 649. The zero-order valence-corrected chi connectivity index (χ0v) is 10.2. The first-order valence-corrected chi connectivity index (χ1v) is 6.34. The average molecular weight is 239 g/mol. The first kappa shape index (κ1) is 10.3. The second-order valence-corrected chi connectivity index (χ2v) is 5.41. The minimum absolute atomic E-state index is 0.153. The Labute approximate surface area is 106 Å². The van der Waals surface area contributed by atoms with Gasteiger partial charge in [0.15, 0.2) is 0 Å². The highest BCUT2D eigenvalue weighted by molar-refractivity contribution is 5.54. The third-order valence-electron chi connectivity index (χ3n) is 4.37. The van der Waals surface area contributed by atoms with Crippen LogP contribution in [0.1, 0.15) is 35.2 Å². The van der Waals surface area contributed by atoms with Gasteiger partial charge in [0, 0.05) is 6.04 Å². The van der Waals surface area contributed by atoms with Crippen molar-refractivity contribution in [2.24, 2.45) is 0 Å². The first-order valence-electron chi connectivity index (χ1n) is 6.34. The van der Waals surface area contributed by atoms with Crippen LogP contribution in [0.3, 0.4) is 0 Å². The molecular formula is C16H14FN. The Morgan fingerprint density at radius 1 is 1.17 bits per heavy atom. The quantitative estimate of drug-likeness (QED) is 0.744. The molecule has 4 rings (SSSR count). The van der Waals surface area contributed by atoms with Crippen LogP contribution >= 0.6 is 0 Å². The molecule has 1 N–H and O–H groups in total. The molecule has 0 saturated carbocycles. The van der Waals surface area contributed by atoms with E-state index in [1.165, 1.54) is 16.7 Å². The summed E-state index contributed by atoms with van der Waals surface area (Å²) in [6.07, 6.45) is 0.947. The summed E-state index contributed by atoms with van der Waals surface area (Å²) in [5, 5.41) is 3.65. The number of rotatable bonds is 0. The van der Waals surface area contributed by atoms with Gasteiger partial charge in [0.1, 0.15) is 5.82 Å². The fourth-order valence-corrected chi connectivity index (χ4v) is 3.56. The van der Waals surface area contributed by atoms with E-state index in [-0.39, 0.29) is 11.4 Å². The Hall–Kier alpha value is -1.67. The number of hydrogen-bond donors (Lipinski definition) is 1. The molecule has 1 nitrogen and oxygen atoms in total. The molecule has 2 aliphatic heterocycles. The Morgan fingerprint density at radius 3 is 2.89 bits per heavy atom. The maximum absolute atomic E-state index is 13.5. The lowest BCUT2D eigenvalue weighted by Crippen LogP contribution is -2.41. The van der Waals surface area contributed by atoms with Gasteiger partial charge in [-0.05, 0) is 47.7 Å². The molecule has 2 atom stereocenters. The summed E-state index contributed by atoms with van der Waals surface area (Å²) in [7, 11) is 0.